The second kappa shape index (κ2) is 5.17. The van der Waals surface area contributed by atoms with Gasteiger partial charge in [-0.1, -0.05) is 18.2 Å². The zero-order valence-electron chi connectivity index (χ0n) is 11.2. The van der Waals surface area contributed by atoms with Gasteiger partial charge in [-0.2, -0.15) is 0 Å². The molecule has 0 unspecified atom stereocenters. The molecule has 4 nitrogen and oxygen atoms in total. The maximum atomic E-state index is 12.3. The van der Waals surface area contributed by atoms with Gasteiger partial charge >= 0.3 is 0 Å². The summed E-state index contributed by atoms with van der Waals surface area (Å²) >= 11 is 0. The molecule has 2 aromatic heterocycles. The number of pyridine rings is 1. The minimum atomic E-state index is -0.0781. The van der Waals surface area contributed by atoms with Crippen molar-refractivity contribution < 1.29 is 4.79 Å². The maximum absolute atomic E-state index is 12.3. The summed E-state index contributed by atoms with van der Waals surface area (Å²) in [5.41, 5.74) is 3.79. The van der Waals surface area contributed by atoms with Crippen LogP contribution in [0, 0.1) is 6.92 Å². The number of aryl methyl sites for hydroxylation is 1. The first kappa shape index (κ1) is 12.4. The van der Waals surface area contributed by atoms with E-state index >= 15 is 0 Å². The van der Waals surface area contributed by atoms with Gasteiger partial charge in [0.15, 0.2) is 0 Å². The number of nitrogens with zero attached hydrogens (tertiary/aromatic N) is 1. The van der Waals surface area contributed by atoms with Crippen LogP contribution in [-0.2, 0) is 6.54 Å². The van der Waals surface area contributed by atoms with Crippen molar-refractivity contribution >= 4 is 16.8 Å². The number of hydrogen-bond acceptors (Lipinski definition) is 2. The van der Waals surface area contributed by atoms with Crippen molar-refractivity contribution in [2.24, 2.45) is 0 Å². The van der Waals surface area contributed by atoms with Crippen LogP contribution in [0.3, 0.4) is 0 Å². The maximum Gasteiger partial charge on any atom is 0.253 e. The lowest BCUT2D eigenvalue weighted by Gasteiger charge is -2.06. The number of carbonyl (C=O) groups excluding carboxylic acids is 1. The Kier molecular flexibility index (Phi) is 3.21. The van der Waals surface area contributed by atoms with Crippen molar-refractivity contribution in [2.45, 2.75) is 13.5 Å². The highest BCUT2D eigenvalue weighted by atomic mass is 16.1. The molecule has 0 aliphatic rings. The predicted molar refractivity (Wildman–Crippen MR) is 78.4 cm³/mol. The lowest BCUT2D eigenvalue weighted by molar-refractivity contribution is 0.0952. The molecule has 0 radical (unpaired) electrons. The number of nitrogens with one attached hydrogen (secondary N) is 2. The molecular weight excluding hydrogens is 250 g/mol. The van der Waals surface area contributed by atoms with Crippen LogP contribution in [0.15, 0.2) is 48.9 Å². The number of benzene rings is 1. The van der Waals surface area contributed by atoms with Crippen molar-refractivity contribution in [1.82, 2.24) is 15.3 Å². The summed E-state index contributed by atoms with van der Waals surface area (Å²) < 4.78 is 0. The van der Waals surface area contributed by atoms with Gasteiger partial charge in [-0.05, 0) is 30.2 Å². The Labute approximate surface area is 116 Å². The monoisotopic (exact) mass is 265 g/mol. The topological polar surface area (TPSA) is 57.8 Å². The lowest BCUT2D eigenvalue weighted by atomic mass is 10.1. The number of rotatable bonds is 3. The molecule has 0 saturated heterocycles. The summed E-state index contributed by atoms with van der Waals surface area (Å²) in [6, 6.07) is 9.71. The molecule has 4 heteroatoms. The average Bonchev–Trinajstić information content (AvgIpc) is 2.90. The highest BCUT2D eigenvalue weighted by Crippen LogP contribution is 2.17. The van der Waals surface area contributed by atoms with Gasteiger partial charge in [0, 0.05) is 36.0 Å². The fraction of sp³-hybridized carbons (Fsp3) is 0.125. The number of fused-ring (bicyclic) bond motifs is 1. The Morgan fingerprint density at radius 2 is 2.15 bits per heavy atom. The van der Waals surface area contributed by atoms with E-state index in [1.807, 2.05) is 37.3 Å². The zero-order chi connectivity index (χ0) is 13.9. The first-order valence-electron chi connectivity index (χ1n) is 6.49. The summed E-state index contributed by atoms with van der Waals surface area (Å²) in [5, 5.41) is 3.87. The van der Waals surface area contributed by atoms with Gasteiger partial charge in [-0.3, -0.25) is 9.78 Å². The molecule has 20 heavy (non-hydrogen) atoms. The molecule has 3 rings (SSSR count). The van der Waals surface area contributed by atoms with Crippen LogP contribution in [0.4, 0.5) is 0 Å². The van der Waals surface area contributed by atoms with Gasteiger partial charge < -0.3 is 10.3 Å². The highest BCUT2D eigenvalue weighted by Gasteiger charge is 2.11. The standard InChI is InChI=1S/C16H15N3O/c1-11-6-7-17-8-12(11)9-19-16(20)14-10-18-15-5-3-2-4-13(14)15/h2-8,10,18H,9H2,1H3,(H,19,20). The molecule has 1 aromatic carbocycles. The second-order valence-corrected chi connectivity index (χ2v) is 4.73. The first-order valence-corrected chi connectivity index (χ1v) is 6.49. The first-order chi connectivity index (χ1) is 9.75. The number of hydrogen-bond donors (Lipinski definition) is 2. The van der Waals surface area contributed by atoms with Crippen LogP contribution in [-0.4, -0.2) is 15.9 Å². The summed E-state index contributed by atoms with van der Waals surface area (Å²) in [6.45, 7) is 2.49. The number of carbonyl (C=O) groups is 1. The molecule has 2 N–H and O–H groups in total. The van der Waals surface area contributed by atoms with Crippen molar-refractivity contribution in [2.75, 3.05) is 0 Å². The molecule has 1 amide bonds. The SMILES string of the molecule is Cc1ccncc1CNC(=O)c1c[nH]c2ccccc12. The zero-order valence-corrected chi connectivity index (χ0v) is 11.2. The van der Waals surface area contributed by atoms with E-state index in [1.165, 1.54) is 0 Å². The van der Waals surface area contributed by atoms with Gasteiger partial charge in [0.2, 0.25) is 0 Å². The average molecular weight is 265 g/mol. The third-order valence-electron chi connectivity index (χ3n) is 3.42. The Hall–Kier alpha value is -2.62. The van der Waals surface area contributed by atoms with Crippen molar-refractivity contribution in [3.63, 3.8) is 0 Å². The summed E-state index contributed by atoms with van der Waals surface area (Å²) in [4.78, 5) is 19.4. The summed E-state index contributed by atoms with van der Waals surface area (Å²) in [5.74, 6) is -0.0781. The number of aromatic amines is 1. The summed E-state index contributed by atoms with van der Waals surface area (Å²) in [6.07, 6.45) is 5.28. The smallest absolute Gasteiger partial charge is 0.253 e. The van der Waals surface area contributed by atoms with Crippen LogP contribution < -0.4 is 5.32 Å². The van der Waals surface area contributed by atoms with Crippen LogP contribution in [0.2, 0.25) is 0 Å². The Morgan fingerprint density at radius 3 is 3.00 bits per heavy atom. The van der Waals surface area contributed by atoms with Gasteiger partial charge in [0.05, 0.1) is 5.56 Å². The number of H-pyrrole nitrogens is 1. The molecule has 0 spiro atoms. The number of amides is 1. The molecule has 2 heterocycles. The van der Waals surface area contributed by atoms with Gasteiger partial charge in [-0.25, -0.2) is 0 Å². The van der Waals surface area contributed by atoms with Gasteiger partial charge in [0.25, 0.3) is 5.91 Å². The van der Waals surface area contributed by atoms with E-state index in [9.17, 15) is 4.79 Å². The fourth-order valence-electron chi connectivity index (χ4n) is 2.21. The molecule has 0 saturated carbocycles. The van der Waals surface area contributed by atoms with E-state index in [0.717, 1.165) is 22.0 Å². The van der Waals surface area contributed by atoms with Crippen LogP contribution >= 0.6 is 0 Å². The van der Waals surface area contributed by atoms with E-state index in [2.05, 4.69) is 15.3 Å². The van der Waals surface area contributed by atoms with E-state index in [0.29, 0.717) is 12.1 Å². The van der Waals surface area contributed by atoms with Crippen molar-refractivity contribution in [1.29, 1.82) is 0 Å². The van der Waals surface area contributed by atoms with E-state index in [4.69, 9.17) is 0 Å². The Morgan fingerprint density at radius 1 is 1.30 bits per heavy atom. The molecule has 0 aliphatic heterocycles. The molecular formula is C16H15N3O. The molecule has 0 aliphatic carbocycles. The predicted octanol–water partition coefficient (Wildman–Crippen LogP) is 2.80. The van der Waals surface area contributed by atoms with Gasteiger partial charge in [-0.15, -0.1) is 0 Å². The Balaban J connectivity index is 1.79. The number of aromatic nitrogens is 2. The molecule has 0 fully saturated rings. The van der Waals surface area contributed by atoms with Crippen LogP contribution in [0.25, 0.3) is 10.9 Å². The minimum absolute atomic E-state index is 0.0781. The minimum Gasteiger partial charge on any atom is -0.360 e. The molecule has 100 valence electrons. The Bertz CT molecular complexity index is 761. The van der Waals surface area contributed by atoms with Crippen LogP contribution in [0.5, 0.6) is 0 Å². The third kappa shape index (κ3) is 2.28. The molecule has 0 bridgehead atoms. The van der Waals surface area contributed by atoms with E-state index < -0.39 is 0 Å². The van der Waals surface area contributed by atoms with Crippen LogP contribution in [0.1, 0.15) is 21.5 Å². The highest BCUT2D eigenvalue weighted by molar-refractivity contribution is 6.06. The van der Waals surface area contributed by atoms with Crippen molar-refractivity contribution in [3.8, 4) is 0 Å². The van der Waals surface area contributed by atoms with Gasteiger partial charge in [0.1, 0.15) is 0 Å². The summed E-state index contributed by atoms with van der Waals surface area (Å²) in [7, 11) is 0. The largest absolute Gasteiger partial charge is 0.360 e. The normalized spacial score (nSPS) is 10.7. The lowest BCUT2D eigenvalue weighted by Crippen LogP contribution is -2.23. The quantitative estimate of drug-likeness (QED) is 0.765. The third-order valence-corrected chi connectivity index (χ3v) is 3.42. The molecule has 3 aromatic rings. The second-order valence-electron chi connectivity index (χ2n) is 4.73. The van der Waals surface area contributed by atoms with Crippen molar-refractivity contribution in [3.05, 3.63) is 65.6 Å². The van der Waals surface area contributed by atoms with E-state index in [-0.39, 0.29) is 5.91 Å². The molecule has 0 atom stereocenters. The van der Waals surface area contributed by atoms with E-state index in [1.54, 1.807) is 18.6 Å². The fourth-order valence-corrected chi connectivity index (χ4v) is 2.21. The number of para-hydroxylation sites is 1.